The number of hydrogen-bond donors (Lipinski definition) is 1. The number of carbonyl (C=O) groups excluding carboxylic acids is 1. The molecule has 2 aliphatic rings. The van der Waals surface area contributed by atoms with Crippen LogP contribution in [0.5, 0.6) is 0 Å². The molecule has 1 amide bonds. The third-order valence-corrected chi connectivity index (χ3v) is 4.33. The Morgan fingerprint density at radius 2 is 2.42 bits per heavy atom. The molecule has 1 heterocycles. The SMILES string of the molecule is CCC(=O)NC[C@@H]1C[C@H]1C1CC=Cc2nn(C)cc21. The van der Waals surface area contributed by atoms with E-state index in [-0.39, 0.29) is 5.91 Å². The highest BCUT2D eigenvalue weighted by Crippen LogP contribution is 2.51. The molecule has 0 saturated heterocycles. The Balaban J connectivity index is 1.63. The van der Waals surface area contributed by atoms with Crippen LogP contribution in [0.1, 0.15) is 43.4 Å². The molecule has 3 atom stereocenters. The molecule has 0 spiro atoms. The zero-order valence-corrected chi connectivity index (χ0v) is 11.6. The van der Waals surface area contributed by atoms with Crippen LogP contribution in [0, 0.1) is 11.8 Å². The van der Waals surface area contributed by atoms with Gasteiger partial charge in [-0.25, -0.2) is 0 Å². The van der Waals surface area contributed by atoms with E-state index in [1.165, 1.54) is 12.0 Å². The summed E-state index contributed by atoms with van der Waals surface area (Å²) in [4.78, 5) is 11.3. The number of allylic oxidation sites excluding steroid dienone is 1. The van der Waals surface area contributed by atoms with Gasteiger partial charge in [-0.1, -0.05) is 13.0 Å². The summed E-state index contributed by atoms with van der Waals surface area (Å²) < 4.78 is 1.91. The molecule has 0 aromatic carbocycles. The first-order valence-electron chi connectivity index (χ1n) is 7.15. The van der Waals surface area contributed by atoms with Gasteiger partial charge >= 0.3 is 0 Å². The topological polar surface area (TPSA) is 46.9 Å². The molecule has 19 heavy (non-hydrogen) atoms. The summed E-state index contributed by atoms with van der Waals surface area (Å²) in [5, 5.41) is 7.50. The molecule has 1 saturated carbocycles. The first-order chi connectivity index (χ1) is 9.19. The number of carbonyl (C=O) groups is 1. The zero-order chi connectivity index (χ0) is 13.4. The van der Waals surface area contributed by atoms with Crippen molar-refractivity contribution in [2.45, 2.75) is 32.1 Å². The van der Waals surface area contributed by atoms with Crippen LogP contribution in [-0.4, -0.2) is 22.2 Å². The van der Waals surface area contributed by atoms with Crippen LogP contribution in [0.15, 0.2) is 12.3 Å². The second-order valence-electron chi connectivity index (χ2n) is 5.71. The Labute approximate surface area is 113 Å². The number of nitrogens with zero attached hydrogens (tertiary/aromatic N) is 2. The van der Waals surface area contributed by atoms with E-state index in [0.717, 1.165) is 18.7 Å². The van der Waals surface area contributed by atoms with E-state index in [1.54, 1.807) is 0 Å². The van der Waals surface area contributed by atoms with E-state index in [4.69, 9.17) is 0 Å². The molecular weight excluding hydrogens is 238 g/mol. The number of amides is 1. The van der Waals surface area contributed by atoms with Crippen molar-refractivity contribution in [3.63, 3.8) is 0 Å². The van der Waals surface area contributed by atoms with Crippen LogP contribution in [-0.2, 0) is 11.8 Å². The van der Waals surface area contributed by atoms with Crippen LogP contribution in [0.4, 0.5) is 0 Å². The third-order valence-electron chi connectivity index (χ3n) is 4.33. The standard InChI is InChI=1S/C15H21N3O/c1-3-15(19)16-8-10-7-12(10)11-5-4-6-14-13(11)9-18(2)17-14/h4,6,9-12H,3,5,7-8H2,1-2H3,(H,16,19)/t10-,11?,12+/m0/s1. The smallest absolute Gasteiger partial charge is 0.219 e. The molecule has 3 rings (SSSR count). The fourth-order valence-corrected chi connectivity index (χ4v) is 3.17. The third kappa shape index (κ3) is 2.44. The molecule has 2 aliphatic carbocycles. The Morgan fingerprint density at radius 1 is 1.58 bits per heavy atom. The van der Waals surface area contributed by atoms with Crippen molar-refractivity contribution < 1.29 is 4.79 Å². The molecule has 1 fully saturated rings. The Bertz CT molecular complexity index is 517. The minimum absolute atomic E-state index is 0.163. The Morgan fingerprint density at radius 3 is 3.21 bits per heavy atom. The van der Waals surface area contributed by atoms with Crippen molar-refractivity contribution in [1.29, 1.82) is 0 Å². The maximum Gasteiger partial charge on any atom is 0.219 e. The van der Waals surface area contributed by atoms with Gasteiger partial charge in [0.05, 0.1) is 5.69 Å². The van der Waals surface area contributed by atoms with Gasteiger partial charge in [-0.15, -0.1) is 0 Å². The summed E-state index contributed by atoms with van der Waals surface area (Å²) in [5.74, 6) is 2.12. The fraction of sp³-hybridized carbons (Fsp3) is 0.600. The lowest BCUT2D eigenvalue weighted by molar-refractivity contribution is -0.120. The summed E-state index contributed by atoms with van der Waals surface area (Å²) in [5.41, 5.74) is 2.52. The maximum atomic E-state index is 11.3. The van der Waals surface area contributed by atoms with E-state index in [0.29, 0.717) is 24.2 Å². The predicted molar refractivity (Wildman–Crippen MR) is 74.5 cm³/mol. The van der Waals surface area contributed by atoms with E-state index >= 15 is 0 Å². The number of hydrogen-bond acceptors (Lipinski definition) is 2. The molecule has 1 unspecified atom stereocenters. The zero-order valence-electron chi connectivity index (χ0n) is 11.6. The van der Waals surface area contributed by atoms with Crippen molar-refractivity contribution in [2.24, 2.45) is 18.9 Å². The molecule has 102 valence electrons. The first kappa shape index (κ1) is 12.5. The molecule has 1 aromatic rings. The van der Waals surface area contributed by atoms with E-state index in [2.05, 4.69) is 28.8 Å². The molecule has 1 aromatic heterocycles. The average Bonchev–Trinajstić information content (AvgIpc) is 3.07. The lowest BCUT2D eigenvalue weighted by Gasteiger charge is -2.18. The number of fused-ring (bicyclic) bond motifs is 1. The summed E-state index contributed by atoms with van der Waals surface area (Å²) in [6, 6.07) is 0. The molecule has 1 N–H and O–H groups in total. The van der Waals surface area contributed by atoms with Crippen molar-refractivity contribution in [3.8, 4) is 0 Å². The van der Waals surface area contributed by atoms with Gasteiger partial charge in [0, 0.05) is 31.8 Å². The molecular formula is C15H21N3O. The highest BCUT2D eigenvalue weighted by atomic mass is 16.1. The lowest BCUT2D eigenvalue weighted by atomic mass is 9.87. The maximum absolute atomic E-state index is 11.3. The normalized spacial score (nSPS) is 28.0. The summed E-state index contributed by atoms with van der Waals surface area (Å²) >= 11 is 0. The van der Waals surface area contributed by atoms with E-state index in [1.807, 2.05) is 18.7 Å². The molecule has 0 aliphatic heterocycles. The summed E-state index contributed by atoms with van der Waals surface area (Å²) in [7, 11) is 1.98. The number of aromatic nitrogens is 2. The van der Waals surface area contributed by atoms with Gasteiger partial charge < -0.3 is 5.32 Å². The van der Waals surface area contributed by atoms with Gasteiger partial charge in [0.2, 0.25) is 5.91 Å². The van der Waals surface area contributed by atoms with Crippen molar-refractivity contribution in [3.05, 3.63) is 23.5 Å². The number of rotatable bonds is 4. The van der Waals surface area contributed by atoms with Gasteiger partial charge in [0.1, 0.15) is 0 Å². The van der Waals surface area contributed by atoms with Crippen molar-refractivity contribution >= 4 is 12.0 Å². The van der Waals surface area contributed by atoms with Crippen LogP contribution in [0.3, 0.4) is 0 Å². The predicted octanol–water partition coefficient (Wildman–Crippen LogP) is 2.08. The number of aryl methyl sites for hydroxylation is 1. The quantitative estimate of drug-likeness (QED) is 0.900. The highest BCUT2D eigenvalue weighted by Gasteiger charge is 2.44. The van der Waals surface area contributed by atoms with Gasteiger partial charge in [0.15, 0.2) is 0 Å². The fourth-order valence-electron chi connectivity index (χ4n) is 3.17. The van der Waals surface area contributed by atoms with E-state index < -0.39 is 0 Å². The highest BCUT2D eigenvalue weighted by molar-refractivity contribution is 5.75. The van der Waals surface area contributed by atoms with Gasteiger partial charge in [-0.2, -0.15) is 5.10 Å². The molecule has 0 bridgehead atoms. The minimum atomic E-state index is 0.163. The monoisotopic (exact) mass is 259 g/mol. The number of nitrogens with one attached hydrogen (secondary N) is 1. The lowest BCUT2D eigenvalue weighted by Crippen LogP contribution is -2.25. The Hall–Kier alpha value is -1.58. The van der Waals surface area contributed by atoms with Crippen LogP contribution in [0.2, 0.25) is 0 Å². The van der Waals surface area contributed by atoms with Gasteiger partial charge in [-0.05, 0) is 36.7 Å². The van der Waals surface area contributed by atoms with Crippen LogP contribution < -0.4 is 5.32 Å². The molecule has 0 radical (unpaired) electrons. The average molecular weight is 259 g/mol. The molecule has 4 nitrogen and oxygen atoms in total. The Kier molecular flexibility index (Phi) is 3.17. The second kappa shape index (κ2) is 4.83. The van der Waals surface area contributed by atoms with Crippen LogP contribution >= 0.6 is 0 Å². The van der Waals surface area contributed by atoms with E-state index in [9.17, 15) is 4.79 Å². The largest absolute Gasteiger partial charge is 0.356 e. The summed E-state index contributed by atoms with van der Waals surface area (Å²) in [6.07, 6.45) is 9.44. The second-order valence-corrected chi connectivity index (χ2v) is 5.71. The first-order valence-corrected chi connectivity index (χ1v) is 7.15. The van der Waals surface area contributed by atoms with Gasteiger partial charge in [-0.3, -0.25) is 9.48 Å². The summed E-state index contributed by atoms with van der Waals surface area (Å²) in [6.45, 7) is 2.74. The minimum Gasteiger partial charge on any atom is -0.356 e. The van der Waals surface area contributed by atoms with Crippen LogP contribution in [0.25, 0.3) is 6.08 Å². The van der Waals surface area contributed by atoms with Crippen molar-refractivity contribution in [2.75, 3.05) is 6.54 Å². The van der Waals surface area contributed by atoms with Gasteiger partial charge in [0.25, 0.3) is 0 Å². The molecule has 4 heteroatoms. The van der Waals surface area contributed by atoms with Crippen molar-refractivity contribution in [1.82, 2.24) is 15.1 Å².